The molecule has 0 unspecified atom stereocenters. The molecule has 0 radical (unpaired) electrons. The van der Waals surface area contributed by atoms with Crippen LogP contribution in [0.15, 0.2) is 169 Å². The molecule has 0 fully saturated rings. The number of benzene rings is 6. The molecule has 0 amide bonds. The molecule has 10 rings (SSSR count). The lowest BCUT2D eigenvalue weighted by Crippen LogP contribution is -2.17. The van der Waals surface area contributed by atoms with Crippen LogP contribution in [0.1, 0.15) is 5.56 Å². The van der Waals surface area contributed by atoms with Crippen molar-refractivity contribution in [3.05, 3.63) is 175 Å². The molecule has 10 aromatic rings. The van der Waals surface area contributed by atoms with Gasteiger partial charge in [0, 0.05) is 49.9 Å². The van der Waals surface area contributed by atoms with Gasteiger partial charge < -0.3 is 14.1 Å². The second-order valence-corrected chi connectivity index (χ2v) is 12.6. The van der Waals surface area contributed by atoms with Crippen LogP contribution >= 0.6 is 0 Å². The summed E-state index contributed by atoms with van der Waals surface area (Å²) >= 11 is 0. The van der Waals surface area contributed by atoms with Crippen molar-refractivity contribution in [2.24, 2.45) is 4.99 Å². The van der Waals surface area contributed by atoms with E-state index in [0.717, 1.165) is 55.6 Å². The SMILES string of the molecule is N=C(N=c1nc(-c2ccccc2)c2ccccc2[nH]1)c1cccc(-n2c3ccccc3c3cc4c5ccccc5n(-c5cccnc5)c4cc32)c1. The third-order valence-corrected chi connectivity index (χ3v) is 9.66. The zero-order valence-corrected chi connectivity index (χ0v) is 27.3. The minimum absolute atomic E-state index is 0.120. The maximum atomic E-state index is 9.15. The summed E-state index contributed by atoms with van der Waals surface area (Å²) in [6.45, 7) is 0. The van der Waals surface area contributed by atoms with Gasteiger partial charge >= 0.3 is 0 Å². The number of nitrogens with one attached hydrogen (secondary N) is 2. The molecule has 4 aromatic heterocycles. The summed E-state index contributed by atoms with van der Waals surface area (Å²) in [5.74, 6) is 0.120. The summed E-state index contributed by atoms with van der Waals surface area (Å²) in [6.07, 6.45) is 3.72. The number of fused-ring (bicyclic) bond motifs is 7. The molecular formula is C44H29N7. The fourth-order valence-electron chi connectivity index (χ4n) is 7.42. The van der Waals surface area contributed by atoms with Gasteiger partial charge in [0.05, 0.1) is 45.2 Å². The molecule has 4 heterocycles. The van der Waals surface area contributed by atoms with E-state index < -0.39 is 0 Å². The summed E-state index contributed by atoms with van der Waals surface area (Å²) in [5, 5.41) is 14.9. The highest BCUT2D eigenvalue weighted by Gasteiger charge is 2.19. The van der Waals surface area contributed by atoms with Crippen LogP contribution in [0.2, 0.25) is 0 Å². The van der Waals surface area contributed by atoms with E-state index in [1.807, 2.05) is 79.0 Å². The number of para-hydroxylation sites is 3. The first kappa shape index (κ1) is 28.9. The highest BCUT2D eigenvalue weighted by Crippen LogP contribution is 2.39. The molecule has 0 atom stereocenters. The number of aromatic amines is 1. The minimum atomic E-state index is 0.120. The van der Waals surface area contributed by atoms with E-state index in [2.05, 4.69) is 98.0 Å². The third-order valence-electron chi connectivity index (χ3n) is 9.66. The maximum absolute atomic E-state index is 9.15. The van der Waals surface area contributed by atoms with E-state index >= 15 is 0 Å². The average Bonchev–Trinajstić information content (AvgIpc) is 3.69. The Hall–Kier alpha value is -7.12. The second kappa shape index (κ2) is 11.5. The highest BCUT2D eigenvalue weighted by atomic mass is 15.0. The molecule has 6 aromatic carbocycles. The van der Waals surface area contributed by atoms with Crippen LogP contribution in [-0.4, -0.2) is 29.9 Å². The number of rotatable bonds is 4. The first-order chi connectivity index (χ1) is 25.2. The first-order valence-corrected chi connectivity index (χ1v) is 16.9. The molecule has 51 heavy (non-hydrogen) atoms. The van der Waals surface area contributed by atoms with Crippen LogP contribution in [0.4, 0.5) is 0 Å². The maximum Gasteiger partial charge on any atom is 0.229 e. The zero-order valence-electron chi connectivity index (χ0n) is 27.3. The van der Waals surface area contributed by atoms with Crippen LogP contribution in [0.3, 0.4) is 0 Å². The Bertz CT molecular complexity index is 3040. The van der Waals surface area contributed by atoms with Crippen LogP contribution < -0.4 is 5.62 Å². The Morgan fingerprint density at radius 2 is 1.20 bits per heavy atom. The normalized spacial score (nSPS) is 12.1. The predicted octanol–water partition coefficient (Wildman–Crippen LogP) is 9.75. The number of H-pyrrole nitrogens is 1. The van der Waals surface area contributed by atoms with Crippen molar-refractivity contribution in [1.82, 2.24) is 24.1 Å². The largest absolute Gasteiger partial charge is 0.323 e. The summed E-state index contributed by atoms with van der Waals surface area (Å²) in [6, 6.07) is 52.0. The zero-order chi connectivity index (χ0) is 33.9. The van der Waals surface area contributed by atoms with Crippen LogP contribution in [0.5, 0.6) is 0 Å². The van der Waals surface area contributed by atoms with Crippen molar-refractivity contribution in [3.63, 3.8) is 0 Å². The molecule has 7 heteroatoms. The summed E-state index contributed by atoms with van der Waals surface area (Å²) in [7, 11) is 0. The van der Waals surface area contributed by atoms with Crippen LogP contribution in [0.25, 0.3) is 77.1 Å². The Morgan fingerprint density at radius 3 is 1.92 bits per heavy atom. The minimum Gasteiger partial charge on any atom is -0.323 e. The van der Waals surface area contributed by atoms with Crippen molar-refractivity contribution in [2.75, 3.05) is 0 Å². The Labute approximate surface area is 292 Å². The molecule has 0 spiro atoms. The lowest BCUT2D eigenvalue weighted by atomic mass is 10.1. The van der Waals surface area contributed by atoms with Crippen molar-refractivity contribution in [1.29, 1.82) is 5.41 Å². The van der Waals surface area contributed by atoms with Crippen LogP contribution in [-0.2, 0) is 0 Å². The van der Waals surface area contributed by atoms with Crippen molar-refractivity contribution in [2.45, 2.75) is 0 Å². The summed E-state index contributed by atoms with van der Waals surface area (Å²) < 4.78 is 4.58. The van der Waals surface area contributed by atoms with Crippen LogP contribution in [0, 0.1) is 5.41 Å². The molecular weight excluding hydrogens is 627 g/mol. The van der Waals surface area contributed by atoms with Crippen molar-refractivity contribution < 1.29 is 0 Å². The molecule has 0 bridgehead atoms. The average molecular weight is 656 g/mol. The quantitative estimate of drug-likeness (QED) is 0.146. The smallest absolute Gasteiger partial charge is 0.229 e. The van der Waals surface area contributed by atoms with Gasteiger partial charge in [0.25, 0.3) is 0 Å². The van der Waals surface area contributed by atoms with E-state index in [1.54, 1.807) is 6.20 Å². The predicted molar refractivity (Wildman–Crippen MR) is 207 cm³/mol. The number of hydrogen-bond donors (Lipinski definition) is 2. The number of pyridine rings is 1. The van der Waals surface area contributed by atoms with Gasteiger partial charge in [-0.2, -0.15) is 4.99 Å². The summed E-state index contributed by atoms with van der Waals surface area (Å²) in [5.41, 5.74) is 10.2. The van der Waals surface area contributed by atoms with Gasteiger partial charge in [-0.3, -0.25) is 10.4 Å². The van der Waals surface area contributed by atoms with Gasteiger partial charge in [0.15, 0.2) is 5.84 Å². The second-order valence-electron chi connectivity index (χ2n) is 12.6. The molecule has 0 aliphatic carbocycles. The number of aromatic nitrogens is 5. The van der Waals surface area contributed by atoms with E-state index in [0.29, 0.717) is 11.2 Å². The molecule has 0 saturated carbocycles. The van der Waals surface area contributed by atoms with Gasteiger partial charge in [-0.05, 0) is 54.6 Å². The standard InChI is InChI=1S/C44H29N7/c45-43(49-44-47-37-20-7-4-19-34(37)42(48-44)28-12-2-1-3-13-28)29-14-10-15-30(24-29)50-38-21-8-5-17-32(38)35-25-36-33-18-6-9-22-39(33)51(41(36)26-40(35)50)31-16-11-23-46-27-31/h1-27H,(H2,45,47,48,49). The van der Waals surface area contributed by atoms with Gasteiger partial charge in [0.1, 0.15) is 0 Å². The first-order valence-electron chi connectivity index (χ1n) is 16.9. The Kier molecular flexibility index (Phi) is 6.50. The van der Waals surface area contributed by atoms with Gasteiger partial charge in [0.2, 0.25) is 5.62 Å². The van der Waals surface area contributed by atoms with E-state index in [9.17, 15) is 0 Å². The van der Waals surface area contributed by atoms with Crippen molar-refractivity contribution in [3.8, 4) is 22.6 Å². The van der Waals surface area contributed by atoms with E-state index in [4.69, 9.17) is 15.4 Å². The van der Waals surface area contributed by atoms with Crippen molar-refractivity contribution >= 4 is 60.4 Å². The molecule has 7 nitrogen and oxygen atoms in total. The van der Waals surface area contributed by atoms with Gasteiger partial charge in [-0.15, -0.1) is 0 Å². The Balaban J connectivity index is 1.16. The fraction of sp³-hybridized carbons (Fsp3) is 0. The lowest BCUT2D eigenvalue weighted by molar-refractivity contribution is 1.05. The highest BCUT2D eigenvalue weighted by molar-refractivity contribution is 6.19. The lowest BCUT2D eigenvalue weighted by Gasteiger charge is -2.11. The monoisotopic (exact) mass is 655 g/mol. The number of nitrogens with zero attached hydrogens (tertiary/aromatic N) is 5. The molecule has 0 aliphatic rings. The van der Waals surface area contributed by atoms with Gasteiger partial charge in [-0.1, -0.05) is 97.1 Å². The topological polar surface area (TPSA) is 87.6 Å². The molecule has 2 N–H and O–H groups in total. The van der Waals surface area contributed by atoms with E-state index in [1.165, 1.54) is 21.5 Å². The number of hydrogen-bond acceptors (Lipinski definition) is 3. The summed E-state index contributed by atoms with van der Waals surface area (Å²) in [4.78, 5) is 17.4. The fourth-order valence-corrected chi connectivity index (χ4v) is 7.42. The third kappa shape index (κ3) is 4.67. The van der Waals surface area contributed by atoms with E-state index in [-0.39, 0.29) is 5.84 Å². The van der Waals surface area contributed by atoms with Gasteiger partial charge in [-0.25, -0.2) is 4.98 Å². The number of amidine groups is 1. The molecule has 0 aliphatic heterocycles. The Morgan fingerprint density at radius 1 is 0.549 bits per heavy atom. The molecule has 0 saturated heterocycles. The molecule has 240 valence electrons.